The van der Waals surface area contributed by atoms with E-state index in [0.29, 0.717) is 0 Å². The van der Waals surface area contributed by atoms with Crippen LogP contribution in [0.5, 0.6) is 0 Å². The molecule has 1 saturated heterocycles. The fourth-order valence-corrected chi connectivity index (χ4v) is 3.16. The maximum absolute atomic E-state index is 13.0. The topological polar surface area (TPSA) is 46.6 Å². The summed E-state index contributed by atoms with van der Waals surface area (Å²) >= 11 is 0. The van der Waals surface area contributed by atoms with Crippen molar-refractivity contribution in [2.24, 2.45) is 5.92 Å². The average molecular weight is 338 g/mol. The van der Waals surface area contributed by atoms with Gasteiger partial charge >= 0.3 is 0 Å². The Balaban J connectivity index is 0.00000220. The lowest BCUT2D eigenvalue weighted by Crippen LogP contribution is -2.39. The van der Waals surface area contributed by atoms with E-state index < -0.39 is 10.1 Å². The van der Waals surface area contributed by atoms with Gasteiger partial charge in [-0.2, -0.15) is 8.42 Å². The molecule has 0 bridgehead atoms. The van der Waals surface area contributed by atoms with Crippen LogP contribution in [0.2, 0.25) is 0 Å². The molecule has 1 aliphatic rings. The summed E-state index contributed by atoms with van der Waals surface area (Å²) in [6.45, 7) is 1.89. The Morgan fingerprint density at radius 1 is 1.33 bits per heavy atom. The molecule has 7 heteroatoms. The van der Waals surface area contributed by atoms with Crippen molar-refractivity contribution in [3.05, 3.63) is 35.6 Å². The van der Waals surface area contributed by atoms with Crippen molar-refractivity contribution in [1.29, 1.82) is 0 Å². The fraction of sp³-hybridized carbons (Fsp3) is 0.571. The lowest BCUT2D eigenvalue weighted by molar-refractivity contribution is 0.133. The van der Waals surface area contributed by atoms with E-state index in [1.165, 1.54) is 12.1 Å². The molecule has 1 aromatic carbocycles. The zero-order valence-corrected chi connectivity index (χ0v) is 13.8. The lowest BCUT2D eigenvalue weighted by atomic mass is 9.81. The van der Waals surface area contributed by atoms with E-state index in [0.717, 1.165) is 31.3 Å². The Hall–Kier alpha value is -0.690. The molecule has 120 valence electrons. The highest BCUT2D eigenvalue weighted by Crippen LogP contribution is 2.33. The number of hydrogen-bond donors (Lipinski definition) is 0. The van der Waals surface area contributed by atoms with Gasteiger partial charge in [-0.25, -0.2) is 4.39 Å². The van der Waals surface area contributed by atoms with Crippen LogP contribution in [0.1, 0.15) is 17.9 Å². The predicted octanol–water partition coefficient (Wildman–Crippen LogP) is 2.26. The molecule has 0 spiro atoms. The largest absolute Gasteiger partial charge is 0.306 e. The number of piperidine rings is 1. The second kappa shape index (κ2) is 7.54. The van der Waals surface area contributed by atoms with Crippen LogP contribution in [0.25, 0.3) is 0 Å². The molecule has 0 radical (unpaired) electrons. The average Bonchev–Trinajstić information content (AvgIpc) is 2.37. The summed E-state index contributed by atoms with van der Waals surface area (Å²) in [5, 5.41) is 0. The van der Waals surface area contributed by atoms with Crippen molar-refractivity contribution >= 4 is 22.5 Å². The van der Waals surface area contributed by atoms with Crippen LogP contribution in [0.3, 0.4) is 0 Å². The third-order valence-corrected chi connectivity index (χ3v) is 4.30. The predicted molar refractivity (Wildman–Crippen MR) is 82.8 cm³/mol. The van der Waals surface area contributed by atoms with Gasteiger partial charge in [0, 0.05) is 12.5 Å². The minimum Gasteiger partial charge on any atom is -0.306 e. The summed E-state index contributed by atoms with van der Waals surface area (Å²) in [6, 6.07) is 6.45. The Morgan fingerprint density at radius 3 is 2.52 bits per heavy atom. The maximum atomic E-state index is 13.0. The maximum Gasteiger partial charge on any atom is 0.264 e. The molecule has 1 aromatic rings. The molecule has 4 nitrogen and oxygen atoms in total. The standard InChI is InChI=1S/C14H20FNO3S.ClH/c1-16-8-7-14(11-3-5-13(15)6-4-11)12(9-16)10-19-20(2,17)18;/h3-6,12,14H,7-10H2,1-2H3;1H. The second-order valence-electron chi connectivity index (χ2n) is 5.46. The highest BCUT2D eigenvalue weighted by atomic mass is 35.5. The van der Waals surface area contributed by atoms with Gasteiger partial charge in [-0.3, -0.25) is 4.18 Å². The highest BCUT2D eigenvalue weighted by molar-refractivity contribution is 7.85. The molecule has 2 rings (SSSR count). The van der Waals surface area contributed by atoms with Crippen LogP contribution in [0, 0.1) is 11.7 Å². The molecule has 0 N–H and O–H groups in total. The second-order valence-corrected chi connectivity index (χ2v) is 7.10. The van der Waals surface area contributed by atoms with Crippen LogP contribution in [-0.2, 0) is 14.3 Å². The van der Waals surface area contributed by atoms with Crippen molar-refractivity contribution in [2.75, 3.05) is 33.0 Å². The Kier molecular flexibility index (Phi) is 6.59. The zero-order chi connectivity index (χ0) is 14.8. The summed E-state index contributed by atoms with van der Waals surface area (Å²) < 4.78 is 40.3. The molecule has 1 heterocycles. The molecule has 0 aliphatic carbocycles. The third kappa shape index (κ3) is 5.54. The summed E-state index contributed by atoms with van der Waals surface area (Å²) in [5.41, 5.74) is 1.04. The number of halogens is 2. The van der Waals surface area contributed by atoms with Gasteiger partial charge in [-0.1, -0.05) is 12.1 Å². The number of rotatable bonds is 4. The van der Waals surface area contributed by atoms with E-state index in [4.69, 9.17) is 4.18 Å². The molecule has 0 saturated carbocycles. The van der Waals surface area contributed by atoms with Crippen molar-refractivity contribution in [2.45, 2.75) is 12.3 Å². The van der Waals surface area contributed by atoms with Crippen LogP contribution < -0.4 is 0 Å². The van der Waals surface area contributed by atoms with E-state index in [1.807, 2.05) is 7.05 Å². The minimum atomic E-state index is -3.43. The first-order valence-electron chi connectivity index (χ1n) is 6.63. The first kappa shape index (κ1) is 18.4. The van der Waals surface area contributed by atoms with E-state index in [2.05, 4.69) is 4.90 Å². The Bertz CT molecular complexity index is 550. The van der Waals surface area contributed by atoms with Gasteiger partial charge < -0.3 is 4.90 Å². The normalized spacial score (nSPS) is 23.6. The van der Waals surface area contributed by atoms with Crippen molar-refractivity contribution in [3.8, 4) is 0 Å². The van der Waals surface area contributed by atoms with Crippen molar-refractivity contribution in [1.82, 2.24) is 4.90 Å². The zero-order valence-electron chi connectivity index (χ0n) is 12.2. The smallest absolute Gasteiger partial charge is 0.264 e. The Morgan fingerprint density at radius 2 is 1.95 bits per heavy atom. The molecular weight excluding hydrogens is 317 g/mol. The van der Waals surface area contributed by atoms with Gasteiger partial charge in [0.05, 0.1) is 12.9 Å². The summed E-state index contributed by atoms with van der Waals surface area (Å²) in [6.07, 6.45) is 1.98. The molecule has 2 unspecified atom stereocenters. The molecule has 2 atom stereocenters. The van der Waals surface area contributed by atoms with E-state index in [9.17, 15) is 12.8 Å². The molecular formula is C14H21ClFNO3S. The molecule has 1 aliphatic heterocycles. The van der Waals surface area contributed by atoms with Crippen LogP contribution in [-0.4, -0.2) is 46.3 Å². The van der Waals surface area contributed by atoms with Gasteiger partial charge in [0.2, 0.25) is 0 Å². The van der Waals surface area contributed by atoms with Crippen LogP contribution in [0.4, 0.5) is 4.39 Å². The molecule has 21 heavy (non-hydrogen) atoms. The SMILES string of the molecule is CN1CCC(c2ccc(F)cc2)C(COS(C)(=O)=O)C1.Cl. The van der Waals surface area contributed by atoms with Gasteiger partial charge in [-0.15, -0.1) is 12.4 Å². The molecule has 1 fully saturated rings. The third-order valence-electron chi connectivity index (χ3n) is 3.73. The number of likely N-dealkylation sites (tertiary alicyclic amines) is 1. The number of benzene rings is 1. The van der Waals surface area contributed by atoms with Gasteiger partial charge in [0.1, 0.15) is 5.82 Å². The first-order chi connectivity index (χ1) is 9.35. The fourth-order valence-electron chi connectivity index (χ4n) is 2.74. The summed E-state index contributed by atoms with van der Waals surface area (Å²) in [5.74, 6) is 0.0353. The first-order valence-corrected chi connectivity index (χ1v) is 8.45. The number of hydrogen-bond acceptors (Lipinski definition) is 4. The van der Waals surface area contributed by atoms with E-state index in [-0.39, 0.29) is 36.7 Å². The van der Waals surface area contributed by atoms with Gasteiger partial charge in [0.25, 0.3) is 10.1 Å². The minimum absolute atomic E-state index is 0. The van der Waals surface area contributed by atoms with Gasteiger partial charge in [0.15, 0.2) is 0 Å². The summed E-state index contributed by atoms with van der Waals surface area (Å²) in [4.78, 5) is 2.16. The van der Waals surface area contributed by atoms with Crippen LogP contribution in [0.15, 0.2) is 24.3 Å². The molecule has 0 aromatic heterocycles. The molecule has 0 amide bonds. The summed E-state index contributed by atoms with van der Waals surface area (Å²) in [7, 11) is -1.42. The van der Waals surface area contributed by atoms with Gasteiger partial charge in [-0.05, 0) is 43.6 Å². The Labute approximate surface area is 131 Å². The monoisotopic (exact) mass is 337 g/mol. The number of nitrogens with zero attached hydrogens (tertiary/aromatic N) is 1. The van der Waals surface area contributed by atoms with Crippen molar-refractivity contribution in [3.63, 3.8) is 0 Å². The van der Waals surface area contributed by atoms with E-state index >= 15 is 0 Å². The van der Waals surface area contributed by atoms with Crippen LogP contribution >= 0.6 is 12.4 Å². The lowest BCUT2D eigenvalue weighted by Gasteiger charge is -2.36. The van der Waals surface area contributed by atoms with Crippen molar-refractivity contribution < 1.29 is 17.0 Å². The quantitative estimate of drug-likeness (QED) is 0.791. The van der Waals surface area contributed by atoms with E-state index in [1.54, 1.807) is 12.1 Å². The highest BCUT2D eigenvalue weighted by Gasteiger charge is 2.30.